The molecule has 0 unspecified atom stereocenters. The van der Waals surface area contributed by atoms with E-state index in [0.29, 0.717) is 32.7 Å². The quantitative estimate of drug-likeness (QED) is 0.244. The third-order valence-corrected chi connectivity index (χ3v) is 5.01. The first-order valence-electron chi connectivity index (χ1n) is 9.15. The van der Waals surface area contributed by atoms with E-state index >= 15 is 0 Å². The monoisotopic (exact) mass is 476 g/mol. The molecule has 2 aromatic carbocycles. The summed E-state index contributed by atoms with van der Waals surface area (Å²) in [5.41, 5.74) is 2.69. The third kappa shape index (κ3) is 5.09. The Hall–Kier alpha value is -3.36. The van der Waals surface area contributed by atoms with E-state index in [9.17, 15) is 13.2 Å². The molecule has 10 heteroatoms. The molecule has 2 heterocycles. The largest absolute Gasteiger partial charge is 0.455 e. The van der Waals surface area contributed by atoms with Gasteiger partial charge in [-0.3, -0.25) is 0 Å². The van der Waals surface area contributed by atoms with Crippen LogP contribution in [0.3, 0.4) is 0 Å². The Balaban J connectivity index is 1.55. The van der Waals surface area contributed by atoms with Gasteiger partial charge in [-0.05, 0) is 36.4 Å². The van der Waals surface area contributed by atoms with Crippen molar-refractivity contribution in [2.45, 2.75) is 6.18 Å². The lowest BCUT2D eigenvalue weighted by atomic mass is 10.1. The summed E-state index contributed by atoms with van der Waals surface area (Å²) < 4.78 is 45.5. The van der Waals surface area contributed by atoms with Crippen molar-refractivity contribution in [3.63, 3.8) is 0 Å². The van der Waals surface area contributed by atoms with Crippen LogP contribution in [-0.2, 0) is 6.18 Å². The Morgan fingerprint density at radius 3 is 2.38 bits per heavy atom. The number of alkyl halides is 3. The molecule has 0 bridgehead atoms. The molecule has 162 valence electrons. The fraction of sp³-hybridized carbons (Fsp3) is 0.0455. The number of hydrogen-bond donors (Lipinski definition) is 1. The molecule has 0 aliphatic heterocycles. The second kappa shape index (κ2) is 9.02. The Bertz CT molecular complexity index is 1270. The van der Waals surface area contributed by atoms with Gasteiger partial charge in [0.1, 0.15) is 11.5 Å². The van der Waals surface area contributed by atoms with E-state index < -0.39 is 11.9 Å². The summed E-state index contributed by atoms with van der Waals surface area (Å²) in [5, 5.41) is 4.70. The Morgan fingerprint density at radius 1 is 0.875 bits per heavy atom. The number of aromatic nitrogens is 2. The summed E-state index contributed by atoms with van der Waals surface area (Å²) in [6.07, 6.45) is -3.34. The highest BCUT2D eigenvalue weighted by molar-refractivity contribution is 6.42. The van der Waals surface area contributed by atoms with Crippen molar-refractivity contribution in [3.8, 4) is 22.6 Å². The smallest absolute Gasteiger partial charge is 0.433 e. The fourth-order valence-corrected chi connectivity index (χ4v) is 3.08. The molecule has 0 amide bonds. The molecule has 1 N–H and O–H groups in total. The normalized spacial score (nSPS) is 11.8. The van der Waals surface area contributed by atoms with Gasteiger partial charge in [0.05, 0.1) is 22.0 Å². The van der Waals surface area contributed by atoms with Crippen LogP contribution in [0.5, 0.6) is 0 Å². The van der Waals surface area contributed by atoms with Gasteiger partial charge >= 0.3 is 6.18 Å². The van der Waals surface area contributed by atoms with Crippen LogP contribution in [0.25, 0.3) is 22.6 Å². The summed E-state index contributed by atoms with van der Waals surface area (Å²) >= 11 is 11.9. The zero-order valence-electron chi connectivity index (χ0n) is 16.1. The minimum absolute atomic E-state index is 0.116. The van der Waals surface area contributed by atoms with Crippen molar-refractivity contribution in [2.24, 2.45) is 5.10 Å². The number of hydrogen-bond acceptors (Lipinski definition) is 5. The van der Waals surface area contributed by atoms with Crippen LogP contribution >= 0.6 is 23.2 Å². The molecule has 0 atom stereocenters. The zero-order chi connectivity index (χ0) is 22.7. The molecule has 5 nitrogen and oxygen atoms in total. The molecule has 0 saturated carbocycles. The molecule has 0 radical (unpaired) electrons. The highest BCUT2D eigenvalue weighted by Gasteiger charge is 2.33. The minimum Gasteiger partial charge on any atom is -0.455 e. The number of halogens is 5. The molecule has 4 rings (SSSR count). The van der Waals surface area contributed by atoms with Crippen molar-refractivity contribution in [3.05, 3.63) is 88.2 Å². The van der Waals surface area contributed by atoms with Crippen molar-refractivity contribution < 1.29 is 17.6 Å². The van der Waals surface area contributed by atoms with Gasteiger partial charge in [-0.2, -0.15) is 18.3 Å². The van der Waals surface area contributed by atoms with Gasteiger partial charge in [0.15, 0.2) is 5.69 Å². The lowest BCUT2D eigenvalue weighted by molar-refractivity contribution is -0.141. The zero-order valence-corrected chi connectivity index (χ0v) is 17.6. The van der Waals surface area contributed by atoms with Gasteiger partial charge in [-0.25, -0.2) is 15.4 Å². The van der Waals surface area contributed by atoms with Crippen LogP contribution in [0, 0.1) is 0 Å². The average molecular weight is 477 g/mol. The maximum Gasteiger partial charge on any atom is 0.433 e. The summed E-state index contributed by atoms with van der Waals surface area (Å²) in [6.45, 7) is 0. The topological polar surface area (TPSA) is 63.3 Å². The van der Waals surface area contributed by atoms with E-state index in [-0.39, 0.29) is 11.6 Å². The van der Waals surface area contributed by atoms with Gasteiger partial charge in [0.25, 0.3) is 0 Å². The lowest BCUT2D eigenvalue weighted by Crippen LogP contribution is -2.11. The number of anilines is 1. The highest BCUT2D eigenvalue weighted by Crippen LogP contribution is 2.31. The Labute approximate surface area is 190 Å². The molecule has 0 fully saturated rings. The number of nitrogens with one attached hydrogen (secondary N) is 1. The van der Waals surface area contributed by atoms with Gasteiger partial charge < -0.3 is 4.42 Å². The molecule has 0 aliphatic carbocycles. The molecular formula is C22H13Cl2F3N4O. The Kier molecular flexibility index (Phi) is 6.16. The van der Waals surface area contributed by atoms with Gasteiger partial charge in [0.2, 0.25) is 5.95 Å². The third-order valence-electron chi connectivity index (χ3n) is 4.27. The molecule has 0 saturated heterocycles. The predicted molar refractivity (Wildman–Crippen MR) is 118 cm³/mol. The summed E-state index contributed by atoms with van der Waals surface area (Å²) in [6, 6.07) is 17.8. The summed E-state index contributed by atoms with van der Waals surface area (Å²) in [4.78, 5) is 7.64. The molecule has 4 aromatic rings. The van der Waals surface area contributed by atoms with Crippen molar-refractivity contribution in [1.29, 1.82) is 0 Å². The van der Waals surface area contributed by atoms with Crippen LogP contribution in [0.2, 0.25) is 10.0 Å². The number of benzene rings is 2. The van der Waals surface area contributed by atoms with Crippen LogP contribution < -0.4 is 5.43 Å². The predicted octanol–water partition coefficient (Wildman–Crippen LogP) is 7.18. The fourth-order valence-electron chi connectivity index (χ4n) is 2.78. The number of rotatable bonds is 5. The van der Waals surface area contributed by atoms with Crippen molar-refractivity contribution >= 4 is 35.4 Å². The molecule has 0 aliphatic rings. The molecular weight excluding hydrogens is 464 g/mol. The second-order valence-corrected chi connectivity index (χ2v) is 7.34. The molecule has 0 spiro atoms. The van der Waals surface area contributed by atoms with E-state index in [1.165, 1.54) is 6.21 Å². The van der Waals surface area contributed by atoms with E-state index in [1.54, 1.807) is 60.7 Å². The first-order valence-corrected chi connectivity index (χ1v) is 9.91. The van der Waals surface area contributed by atoms with Crippen LogP contribution in [0.15, 0.2) is 76.2 Å². The maximum absolute atomic E-state index is 13.3. The number of nitrogens with zero attached hydrogens (tertiary/aromatic N) is 3. The van der Waals surface area contributed by atoms with E-state index in [2.05, 4.69) is 20.5 Å². The Morgan fingerprint density at radius 2 is 1.66 bits per heavy atom. The molecule has 32 heavy (non-hydrogen) atoms. The maximum atomic E-state index is 13.3. The second-order valence-electron chi connectivity index (χ2n) is 6.53. The van der Waals surface area contributed by atoms with Gasteiger partial charge in [0, 0.05) is 11.1 Å². The van der Waals surface area contributed by atoms with Crippen LogP contribution in [0.1, 0.15) is 11.5 Å². The van der Waals surface area contributed by atoms with Crippen molar-refractivity contribution in [1.82, 2.24) is 9.97 Å². The number of furan rings is 1. The van der Waals surface area contributed by atoms with Crippen molar-refractivity contribution in [2.75, 3.05) is 5.43 Å². The van der Waals surface area contributed by atoms with E-state index in [4.69, 9.17) is 27.6 Å². The first-order chi connectivity index (χ1) is 15.3. The standard InChI is InChI=1S/C22H13Cl2F3N4O/c23-16-8-6-14(10-17(16)24)19-9-7-15(32-19)12-28-31-21-29-18(13-4-2-1-3-5-13)11-20(30-21)22(25,26)27/h1-12H,(H,29,30,31)/b28-12-. The lowest BCUT2D eigenvalue weighted by Gasteiger charge is -2.10. The first kappa shape index (κ1) is 21.9. The SMILES string of the molecule is FC(F)(F)c1cc(-c2ccccc2)nc(N/N=C\c2ccc(-c3ccc(Cl)c(Cl)c3)o2)n1. The minimum atomic E-state index is -4.64. The van der Waals surface area contributed by atoms with E-state index in [0.717, 1.165) is 6.07 Å². The van der Waals surface area contributed by atoms with Gasteiger partial charge in [-0.15, -0.1) is 0 Å². The molecule has 2 aromatic heterocycles. The average Bonchev–Trinajstić information content (AvgIpc) is 3.24. The highest BCUT2D eigenvalue weighted by atomic mass is 35.5. The summed E-state index contributed by atoms with van der Waals surface area (Å²) in [7, 11) is 0. The van der Waals surface area contributed by atoms with E-state index in [1.807, 2.05) is 0 Å². The van der Waals surface area contributed by atoms with Crippen LogP contribution in [-0.4, -0.2) is 16.2 Å². The van der Waals surface area contributed by atoms with Crippen LogP contribution in [0.4, 0.5) is 19.1 Å². The van der Waals surface area contributed by atoms with Gasteiger partial charge in [-0.1, -0.05) is 53.5 Å². The summed E-state index contributed by atoms with van der Waals surface area (Å²) in [5.74, 6) is 0.576. The number of hydrazone groups is 1.